The smallest absolute Gasteiger partial charge is 0.289 e. The first-order valence-corrected chi connectivity index (χ1v) is 12.2. The Balaban J connectivity index is 3.13. The Morgan fingerprint density at radius 2 is 0.923 bits per heavy atom. The van der Waals surface area contributed by atoms with Crippen molar-refractivity contribution in [1.82, 2.24) is 0 Å². The zero-order valence-electron chi connectivity index (χ0n) is 17.5. The first kappa shape index (κ1) is 26.1. The molecule has 0 unspecified atom stereocenters. The summed E-state index contributed by atoms with van der Waals surface area (Å²) in [6, 6.07) is 0. The predicted molar refractivity (Wildman–Crippen MR) is 108 cm³/mol. The van der Waals surface area contributed by atoms with Gasteiger partial charge in [-0.25, -0.2) is 9.45 Å². The molecular formula is C20H43O5P. The molecule has 0 aromatic rings. The van der Waals surface area contributed by atoms with Crippen molar-refractivity contribution in [3.63, 3.8) is 0 Å². The standard InChI is InChI=1S/C20H43O5P/c1-4-5-6-7-8-9-10-11-12-13-14-15-16-17-18-19-20-24-25-26(21,22-2)23-3/h4-20H2,1-3H3. The Labute approximate surface area is 162 Å². The van der Waals surface area contributed by atoms with Crippen LogP contribution >= 0.6 is 7.82 Å². The van der Waals surface area contributed by atoms with E-state index in [4.69, 9.17) is 4.89 Å². The van der Waals surface area contributed by atoms with Crippen molar-refractivity contribution in [2.45, 2.75) is 110 Å². The SMILES string of the molecule is CCCCCCCCCCCCCCCCCCOOP(=O)(OC)OC. The quantitative estimate of drug-likeness (QED) is 0.0868. The molecule has 0 spiro atoms. The lowest BCUT2D eigenvalue weighted by Crippen LogP contribution is -1.98. The number of hydrogen-bond acceptors (Lipinski definition) is 5. The van der Waals surface area contributed by atoms with E-state index in [9.17, 15) is 4.57 Å². The maximum Gasteiger partial charge on any atom is 0.501 e. The van der Waals surface area contributed by atoms with Crippen LogP contribution in [0.25, 0.3) is 0 Å². The Hall–Kier alpha value is 0.0700. The van der Waals surface area contributed by atoms with Crippen LogP contribution in [-0.4, -0.2) is 20.8 Å². The highest BCUT2D eigenvalue weighted by Crippen LogP contribution is 2.47. The van der Waals surface area contributed by atoms with Crippen LogP contribution < -0.4 is 0 Å². The molecule has 6 heteroatoms. The van der Waals surface area contributed by atoms with Crippen molar-refractivity contribution >= 4 is 7.82 Å². The summed E-state index contributed by atoms with van der Waals surface area (Å²) < 4.78 is 25.4. The largest absolute Gasteiger partial charge is 0.501 e. The average Bonchev–Trinajstić information content (AvgIpc) is 2.66. The fourth-order valence-corrected chi connectivity index (χ4v) is 3.42. The van der Waals surface area contributed by atoms with Crippen LogP contribution in [0, 0.1) is 0 Å². The van der Waals surface area contributed by atoms with Gasteiger partial charge in [-0.1, -0.05) is 103 Å². The number of hydrogen-bond donors (Lipinski definition) is 0. The lowest BCUT2D eigenvalue weighted by molar-refractivity contribution is -0.225. The molecule has 0 saturated carbocycles. The predicted octanol–water partition coefficient (Wildman–Crippen LogP) is 7.60. The van der Waals surface area contributed by atoms with Gasteiger partial charge in [-0.05, 0) is 6.42 Å². The summed E-state index contributed by atoms with van der Waals surface area (Å²) in [6.45, 7) is 2.69. The van der Waals surface area contributed by atoms with Gasteiger partial charge in [0.2, 0.25) is 0 Å². The molecule has 0 atom stereocenters. The molecule has 0 aliphatic rings. The Kier molecular flexibility index (Phi) is 19.9. The van der Waals surface area contributed by atoms with Crippen LogP contribution in [0.5, 0.6) is 0 Å². The third-order valence-electron chi connectivity index (χ3n) is 4.67. The Morgan fingerprint density at radius 3 is 1.27 bits per heavy atom. The molecule has 0 aromatic heterocycles. The van der Waals surface area contributed by atoms with Crippen LogP contribution in [0.1, 0.15) is 110 Å². The zero-order valence-corrected chi connectivity index (χ0v) is 18.4. The highest BCUT2D eigenvalue weighted by atomic mass is 31.2. The minimum atomic E-state index is -3.49. The topological polar surface area (TPSA) is 54.0 Å². The summed E-state index contributed by atoms with van der Waals surface area (Å²) in [4.78, 5) is 4.89. The molecule has 0 amide bonds. The molecule has 0 saturated heterocycles. The average molecular weight is 395 g/mol. The van der Waals surface area contributed by atoms with Crippen LogP contribution in [0.3, 0.4) is 0 Å². The summed E-state index contributed by atoms with van der Waals surface area (Å²) in [6.07, 6.45) is 21.3. The molecule has 26 heavy (non-hydrogen) atoms. The molecule has 158 valence electrons. The van der Waals surface area contributed by atoms with Gasteiger partial charge in [0.05, 0.1) is 6.61 Å². The van der Waals surface area contributed by atoms with E-state index >= 15 is 0 Å². The van der Waals surface area contributed by atoms with E-state index in [1.54, 1.807) is 0 Å². The van der Waals surface area contributed by atoms with Gasteiger partial charge in [0, 0.05) is 14.2 Å². The number of phosphoric ester groups is 1. The highest BCUT2D eigenvalue weighted by molar-refractivity contribution is 7.48. The van der Waals surface area contributed by atoms with Crippen molar-refractivity contribution in [3.05, 3.63) is 0 Å². The molecule has 0 aliphatic heterocycles. The monoisotopic (exact) mass is 394 g/mol. The van der Waals surface area contributed by atoms with E-state index in [1.165, 1.54) is 104 Å². The molecule has 0 fully saturated rings. The van der Waals surface area contributed by atoms with E-state index in [0.717, 1.165) is 12.8 Å². The van der Waals surface area contributed by atoms with Crippen LogP contribution in [-0.2, 0) is 23.2 Å². The van der Waals surface area contributed by atoms with Crippen LogP contribution in [0.2, 0.25) is 0 Å². The van der Waals surface area contributed by atoms with Gasteiger partial charge >= 0.3 is 7.82 Å². The van der Waals surface area contributed by atoms with E-state index in [0.29, 0.717) is 6.61 Å². The summed E-state index contributed by atoms with van der Waals surface area (Å²) >= 11 is 0. The molecule has 0 aliphatic carbocycles. The first-order valence-electron chi connectivity index (χ1n) is 10.7. The lowest BCUT2D eigenvalue weighted by Gasteiger charge is -2.11. The first-order chi connectivity index (χ1) is 12.7. The van der Waals surface area contributed by atoms with Crippen LogP contribution in [0.4, 0.5) is 0 Å². The second kappa shape index (κ2) is 19.8. The summed E-state index contributed by atoms with van der Waals surface area (Å²) in [5, 5.41) is 0. The fourth-order valence-electron chi connectivity index (χ4n) is 2.95. The molecule has 0 N–H and O–H groups in total. The number of unbranched alkanes of at least 4 members (excludes halogenated alkanes) is 15. The number of phosphoric acid groups is 1. The van der Waals surface area contributed by atoms with Crippen LogP contribution in [0.15, 0.2) is 0 Å². The molecule has 0 rings (SSSR count). The molecule has 5 nitrogen and oxygen atoms in total. The molecule has 0 bridgehead atoms. The van der Waals surface area contributed by atoms with E-state index in [2.05, 4.69) is 20.6 Å². The van der Waals surface area contributed by atoms with Gasteiger partial charge in [-0.3, -0.25) is 9.05 Å². The summed E-state index contributed by atoms with van der Waals surface area (Å²) in [5.74, 6) is 0. The zero-order chi connectivity index (χ0) is 19.3. The summed E-state index contributed by atoms with van der Waals surface area (Å²) in [7, 11) is -0.962. The van der Waals surface area contributed by atoms with E-state index in [1.807, 2.05) is 0 Å². The van der Waals surface area contributed by atoms with E-state index < -0.39 is 7.82 Å². The minimum absolute atomic E-state index is 0.412. The lowest BCUT2D eigenvalue weighted by atomic mass is 10.0. The second-order valence-corrected chi connectivity index (χ2v) is 8.79. The van der Waals surface area contributed by atoms with Crippen molar-refractivity contribution < 1.29 is 23.2 Å². The van der Waals surface area contributed by atoms with Gasteiger partial charge < -0.3 is 0 Å². The van der Waals surface area contributed by atoms with Gasteiger partial charge in [0.15, 0.2) is 0 Å². The second-order valence-electron chi connectivity index (χ2n) is 7.01. The molecule has 0 aromatic carbocycles. The van der Waals surface area contributed by atoms with Gasteiger partial charge in [-0.2, -0.15) is 0 Å². The van der Waals surface area contributed by atoms with Gasteiger partial charge in [-0.15, -0.1) is 4.67 Å². The fraction of sp³-hybridized carbons (Fsp3) is 1.00. The Morgan fingerprint density at radius 1 is 0.577 bits per heavy atom. The van der Waals surface area contributed by atoms with Gasteiger partial charge in [0.1, 0.15) is 0 Å². The van der Waals surface area contributed by atoms with Crippen molar-refractivity contribution in [2.75, 3.05) is 20.8 Å². The third-order valence-corrected chi connectivity index (χ3v) is 5.85. The minimum Gasteiger partial charge on any atom is -0.289 e. The van der Waals surface area contributed by atoms with Crippen molar-refractivity contribution in [3.8, 4) is 0 Å². The third kappa shape index (κ3) is 17.5. The van der Waals surface area contributed by atoms with Gasteiger partial charge in [0.25, 0.3) is 0 Å². The summed E-state index contributed by atoms with van der Waals surface area (Å²) in [5.41, 5.74) is 0. The van der Waals surface area contributed by atoms with E-state index in [-0.39, 0.29) is 0 Å². The number of rotatable bonds is 21. The molecular weight excluding hydrogens is 351 g/mol. The Bertz CT molecular complexity index is 317. The maximum atomic E-state index is 11.5. The normalized spacial score (nSPS) is 12.0. The van der Waals surface area contributed by atoms with Crippen molar-refractivity contribution in [2.24, 2.45) is 0 Å². The molecule has 0 heterocycles. The molecule has 0 radical (unpaired) electrons. The maximum absolute atomic E-state index is 11.5. The van der Waals surface area contributed by atoms with Crippen molar-refractivity contribution in [1.29, 1.82) is 0 Å². The highest BCUT2D eigenvalue weighted by Gasteiger charge is 2.23.